The van der Waals surface area contributed by atoms with Gasteiger partial charge >= 0.3 is 0 Å². The van der Waals surface area contributed by atoms with Crippen LogP contribution in [-0.4, -0.2) is 36.1 Å². The van der Waals surface area contributed by atoms with E-state index in [0.29, 0.717) is 35.9 Å². The highest BCUT2D eigenvalue weighted by atomic mass is 16.5. The number of hydrogen-bond acceptors (Lipinski definition) is 8. The van der Waals surface area contributed by atoms with Crippen molar-refractivity contribution in [2.75, 3.05) is 11.9 Å². The molecule has 9 heteroatoms. The smallest absolute Gasteiger partial charge is 0.220 e. The maximum atomic E-state index is 11.1. The minimum absolute atomic E-state index is 0.0170. The topological polar surface area (TPSA) is 112 Å². The lowest BCUT2D eigenvalue weighted by molar-refractivity contribution is 0.236. The molecular weight excluding hydrogens is 466 g/mol. The highest BCUT2D eigenvalue weighted by molar-refractivity contribution is 5.73. The Balaban J connectivity index is 1.25. The van der Waals surface area contributed by atoms with Crippen molar-refractivity contribution in [2.24, 2.45) is 0 Å². The lowest BCUT2D eigenvalue weighted by atomic mass is 10.1. The average Bonchev–Trinajstić information content (AvgIpc) is 3.28. The number of rotatable bonds is 6. The first kappa shape index (κ1) is 22.5. The second kappa shape index (κ2) is 9.60. The first-order chi connectivity index (χ1) is 18.2. The van der Waals surface area contributed by atoms with Gasteiger partial charge in [0.2, 0.25) is 5.88 Å². The third kappa shape index (κ3) is 4.53. The molecule has 6 rings (SSSR count). The van der Waals surface area contributed by atoms with Gasteiger partial charge in [0.15, 0.2) is 11.5 Å². The van der Waals surface area contributed by atoms with Crippen molar-refractivity contribution in [2.45, 2.75) is 19.5 Å². The van der Waals surface area contributed by atoms with Crippen molar-refractivity contribution >= 4 is 17.2 Å². The predicted octanol–water partition coefficient (Wildman–Crippen LogP) is 4.80. The molecule has 3 aromatic heterocycles. The maximum Gasteiger partial charge on any atom is 0.220 e. The van der Waals surface area contributed by atoms with Crippen molar-refractivity contribution in [3.63, 3.8) is 0 Å². The van der Waals surface area contributed by atoms with E-state index in [9.17, 15) is 10.4 Å². The standard InChI is InChI=1S/C28H23N7O2/c29-16-23-26(31-20-6-8-21(9-7-20)37-22-10-13-30-14-11-22)33-35-27(23)32-25-12-15-34(18-24(25)28(35)36)17-19-4-2-1-3-5-19/h1-11,13-14,36H,12,15,17-18H2,(H,31,33). The molecule has 0 radical (unpaired) electrons. The summed E-state index contributed by atoms with van der Waals surface area (Å²) < 4.78 is 7.16. The summed E-state index contributed by atoms with van der Waals surface area (Å²) >= 11 is 0. The van der Waals surface area contributed by atoms with Crippen molar-refractivity contribution in [1.82, 2.24) is 24.5 Å². The maximum absolute atomic E-state index is 11.1. The Labute approximate surface area is 213 Å². The van der Waals surface area contributed by atoms with Crippen LogP contribution in [-0.2, 0) is 19.5 Å². The highest BCUT2D eigenvalue weighted by Gasteiger charge is 2.26. The summed E-state index contributed by atoms with van der Waals surface area (Å²) in [5.74, 6) is 1.70. The number of nitrogens with one attached hydrogen (secondary N) is 1. The first-order valence-electron chi connectivity index (χ1n) is 11.9. The molecule has 4 heterocycles. The summed E-state index contributed by atoms with van der Waals surface area (Å²) in [6.07, 6.45) is 4.02. The van der Waals surface area contributed by atoms with Gasteiger partial charge in [-0.15, -0.1) is 5.10 Å². The van der Waals surface area contributed by atoms with Crippen molar-refractivity contribution in [1.29, 1.82) is 5.26 Å². The van der Waals surface area contributed by atoms with Crippen LogP contribution in [0.4, 0.5) is 11.5 Å². The second-order valence-electron chi connectivity index (χ2n) is 8.81. The Morgan fingerprint density at radius 1 is 1.00 bits per heavy atom. The molecule has 0 bridgehead atoms. The summed E-state index contributed by atoms with van der Waals surface area (Å²) in [6, 6.07) is 23.3. The van der Waals surface area contributed by atoms with Gasteiger partial charge in [-0.25, -0.2) is 4.98 Å². The number of anilines is 2. The number of benzene rings is 2. The van der Waals surface area contributed by atoms with Gasteiger partial charge in [-0.1, -0.05) is 30.3 Å². The zero-order valence-electron chi connectivity index (χ0n) is 19.9. The molecule has 0 atom stereocenters. The van der Waals surface area contributed by atoms with E-state index in [2.05, 4.69) is 38.5 Å². The van der Waals surface area contributed by atoms with Gasteiger partial charge in [0, 0.05) is 49.7 Å². The van der Waals surface area contributed by atoms with E-state index in [0.717, 1.165) is 30.0 Å². The summed E-state index contributed by atoms with van der Waals surface area (Å²) in [6.45, 7) is 2.16. The van der Waals surface area contributed by atoms with Crippen LogP contribution >= 0.6 is 0 Å². The van der Waals surface area contributed by atoms with Gasteiger partial charge in [-0.05, 0) is 42.0 Å². The number of ether oxygens (including phenoxy) is 1. The lowest BCUT2D eigenvalue weighted by Crippen LogP contribution is -2.31. The molecule has 1 aliphatic rings. The normalized spacial score (nSPS) is 13.2. The molecular formula is C28H23N7O2. The number of nitrogens with zero attached hydrogens (tertiary/aromatic N) is 6. The van der Waals surface area contributed by atoms with Crippen LogP contribution in [0.25, 0.3) is 5.65 Å². The van der Waals surface area contributed by atoms with E-state index in [-0.39, 0.29) is 11.4 Å². The molecule has 37 heavy (non-hydrogen) atoms. The summed E-state index contributed by atoms with van der Waals surface area (Å²) in [7, 11) is 0. The Morgan fingerprint density at radius 3 is 2.51 bits per heavy atom. The first-order valence-corrected chi connectivity index (χ1v) is 11.9. The largest absolute Gasteiger partial charge is 0.493 e. The summed E-state index contributed by atoms with van der Waals surface area (Å²) in [5, 5.41) is 28.7. The van der Waals surface area contributed by atoms with E-state index in [1.54, 1.807) is 24.5 Å². The van der Waals surface area contributed by atoms with Gasteiger partial charge in [-0.3, -0.25) is 9.88 Å². The molecule has 0 saturated heterocycles. The third-order valence-corrected chi connectivity index (χ3v) is 6.33. The highest BCUT2D eigenvalue weighted by Crippen LogP contribution is 2.32. The van der Waals surface area contributed by atoms with E-state index in [1.165, 1.54) is 10.1 Å². The Bertz CT molecular complexity index is 1590. The number of pyridine rings is 1. The predicted molar refractivity (Wildman–Crippen MR) is 138 cm³/mol. The number of nitriles is 1. The third-order valence-electron chi connectivity index (χ3n) is 6.33. The fourth-order valence-electron chi connectivity index (χ4n) is 4.50. The Kier molecular flexibility index (Phi) is 5.84. The van der Waals surface area contributed by atoms with Crippen molar-refractivity contribution < 1.29 is 9.84 Å². The molecule has 5 aromatic rings. The van der Waals surface area contributed by atoms with E-state index < -0.39 is 0 Å². The van der Waals surface area contributed by atoms with Crippen LogP contribution in [0.2, 0.25) is 0 Å². The SMILES string of the molecule is N#Cc1c(Nc2ccc(Oc3ccncc3)cc2)nn2c(O)c3c(nc12)CCN(Cc1ccccc1)C3. The second-order valence-corrected chi connectivity index (χ2v) is 8.81. The van der Waals surface area contributed by atoms with Crippen molar-refractivity contribution in [3.05, 3.63) is 102 Å². The van der Waals surface area contributed by atoms with E-state index >= 15 is 0 Å². The molecule has 0 aliphatic carbocycles. The zero-order chi connectivity index (χ0) is 25.2. The molecule has 0 unspecified atom stereocenters. The molecule has 182 valence electrons. The quantitative estimate of drug-likeness (QED) is 0.350. The fraction of sp³-hybridized carbons (Fsp3) is 0.143. The van der Waals surface area contributed by atoms with Gasteiger partial charge in [-0.2, -0.15) is 9.78 Å². The number of aromatic nitrogens is 4. The Hall–Kier alpha value is -4.94. The molecule has 2 N–H and O–H groups in total. The van der Waals surface area contributed by atoms with Crippen LogP contribution in [0.15, 0.2) is 79.1 Å². The molecule has 0 spiro atoms. The van der Waals surface area contributed by atoms with Crippen LogP contribution in [0, 0.1) is 11.3 Å². The number of hydrogen-bond donors (Lipinski definition) is 2. The molecule has 2 aromatic carbocycles. The monoisotopic (exact) mass is 489 g/mol. The zero-order valence-corrected chi connectivity index (χ0v) is 19.9. The molecule has 1 aliphatic heterocycles. The van der Waals surface area contributed by atoms with Gasteiger partial charge < -0.3 is 15.2 Å². The van der Waals surface area contributed by atoms with Gasteiger partial charge in [0.25, 0.3) is 0 Å². The van der Waals surface area contributed by atoms with Crippen LogP contribution in [0.5, 0.6) is 17.4 Å². The summed E-state index contributed by atoms with van der Waals surface area (Å²) in [5.41, 5.74) is 4.10. The average molecular weight is 490 g/mol. The van der Waals surface area contributed by atoms with Crippen LogP contribution in [0.1, 0.15) is 22.4 Å². The summed E-state index contributed by atoms with van der Waals surface area (Å²) in [4.78, 5) is 11.0. The van der Waals surface area contributed by atoms with Crippen LogP contribution < -0.4 is 10.1 Å². The van der Waals surface area contributed by atoms with Gasteiger partial charge in [0.05, 0.1) is 5.69 Å². The van der Waals surface area contributed by atoms with E-state index in [4.69, 9.17) is 9.72 Å². The molecule has 0 fully saturated rings. The molecule has 0 amide bonds. The van der Waals surface area contributed by atoms with Crippen LogP contribution in [0.3, 0.4) is 0 Å². The Morgan fingerprint density at radius 2 is 1.76 bits per heavy atom. The lowest BCUT2D eigenvalue weighted by Gasteiger charge is -2.28. The minimum Gasteiger partial charge on any atom is -0.493 e. The molecule has 9 nitrogen and oxygen atoms in total. The van der Waals surface area contributed by atoms with Gasteiger partial charge in [0.1, 0.15) is 23.1 Å². The number of fused-ring (bicyclic) bond motifs is 2. The molecule has 0 saturated carbocycles. The van der Waals surface area contributed by atoms with E-state index in [1.807, 2.05) is 42.5 Å². The number of aromatic hydroxyl groups is 1. The minimum atomic E-state index is 0.0170. The van der Waals surface area contributed by atoms with Crippen molar-refractivity contribution in [3.8, 4) is 23.4 Å². The fourth-order valence-corrected chi connectivity index (χ4v) is 4.50.